The van der Waals surface area contributed by atoms with Crippen LogP contribution in [0.2, 0.25) is 0 Å². The molecule has 0 fully saturated rings. The first-order valence-electron chi connectivity index (χ1n) is 3.34. The van der Waals surface area contributed by atoms with Crippen LogP contribution in [0.15, 0.2) is 23.1 Å². The summed E-state index contributed by atoms with van der Waals surface area (Å²) in [6.45, 7) is 0. The molecule has 0 amide bonds. The smallest absolute Gasteiger partial charge is 0.744 e. The summed E-state index contributed by atoms with van der Waals surface area (Å²) in [7, 11) is -4.40. The fourth-order valence-corrected chi connectivity index (χ4v) is 1.47. The van der Waals surface area contributed by atoms with E-state index in [1.807, 2.05) is 0 Å². The van der Waals surface area contributed by atoms with Gasteiger partial charge in [-0.05, 0) is 18.2 Å². The monoisotopic (exact) mass is 221 g/mol. The average molecular weight is 221 g/mol. The third-order valence-electron chi connectivity index (χ3n) is 1.59. The molecule has 0 saturated carbocycles. The first kappa shape index (κ1) is 11.6. The zero-order chi connectivity index (χ0) is 9.47. The van der Waals surface area contributed by atoms with Crippen LogP contribution in [0.4, 0.5) is 0 Å². The number of hydrogen-bond donors (Lipinski definition) is 1. The molecule has 8 heteroatoms. The predicted octanol–water partition coefficient (Wildman–Crippen LogP) is -3.13. The van der Waals surface area contributed by atoms with Gasteiger partial charge in [0.2, 0.25) is 0 Å². The molecule has 0 aliphatic heterocycles. The van der Waals surface area contributed by atoms with Gasteiger partial charge in [0.25, 0.3) is 0 Å². The van der Waals surface area contributed by atoms with Crippen LogP contribution in [-0.2, 0) is 10.1 Å². The van der Waals surface area contributed by atoms with E-state index in [0.717, 1.165) is 0 Å². The normalized spacial score (nSPS) is 11.2. The van der Waals surface area contributed by atoms with Crippen molar-refractivity contribution in [1.29, 1.82) is 0 Å². The van der Waals surface area contributed by atoms with E-state index in [1.54, 1.807) is 0 Å². The van der Waals surface area contributed by atoms with Gasteiger partial charge in [-0.1, -0.05) is 5.21 Å². The zero-order valence-corrected chi connectivity index (χ0v) is 10.1. The van der Waals surface area contributed by atoms with Crippen LogP contribution in [0.3, 0.4) is 0 Å². The number of H-pyrrole nitrogens is 1. The Morgan fingerprint density at radius 3 is 2.71 bits per heavy atom. The van der Waals surface area contributed by atoms with Gasteiger partial charge in [0.1, 0.15) is 15.6 Å². The molecule has 0 saturated heterocycles. The zero-order valence-electron chi connectivity index (χ0n) is 7.26. The second-order valence-corrected chi connectivity index (χ2v) is 3.82. The molecule has 1 N–H and O–H groups in total. The standard InChI is InChI=1S/C6H5N3O3S.Na/c10-13(11,12)4-1-2-5-6(3-4)8-9-7-5;/h1-3H,(H,7,8,9)(H,10,11,12);/q;+1/p-1. The number of fused-ring (bicyclic) bond motifs is 1. The maximum Gasteiger partial charge on any atom is 1.00 e. The molecule has 1 aromatic carbocycles. The Labute approximate surface area is 102 Å². The molecule has 14 heavy (non-hydrogen) atoms. The molecule has 1 aromatic heterocycles. The first-order chi connectivity index (χ1) is 6.07. The van der Waals surface area contributed by atoms with Gasteiger partial charge in [-0.2, -0.15) is 0 Å². The van der Waals surface area contributed by atoms with Gasteiger partial charge in [0.15, 0.2) is 0 Å². The summed E-state index contributed by atoms with van der Waals surface area (Å²) in [5.41, 5.74) is 0.948. The Morgan fingerprint density at radius 2 is 2.07 bits per heavy atom. The third kappa shape index (κ3) is 2.12. The maximum absolute atomic E-state index is 10.6. The summed E-state index contributed by atoms with van der Waals surface area (Å²) < 4.78 is 31.8. The van der Waals surface area contributed by atoms with Crippen molar-refractivity contribution in [2.45, 2.75) is 4.90 Å². The minimum absolute atomic E-state index is 0. The minimum atomic E-state index is -4.40. The molecule has 0 radical (unpaired) electrons. The minimum Gasteiger partial charge on any atom is -0.744 e. The molecule has 6 nitrogen and oxygen atoms in total. The van der Waals surface area contributed by atoms with Crippen LogP contribution in [0.1, 0.15) is 0 Å². The van der Waals surface area contributed by atoms with Gasteiger partial charge in [-0.15, -0.1) is 5.10 Å². The van der Waals surface area contributed by atoms with Gasteiger partial charge in [-0.25, -0.2) is 8.42 Å². The van der Waals surface area contributed by atoms with Crippen molar-refractivity contribution in [3.63, 3.8) is 0 Å². The summed E-state index contributed by atoms with van der Waals surface area (Å²) in [6.07, 6.45) is 0. The van der Waals surface area contributed by atoms with E-state index >= 15 is 0 Å². The first-order valence-corrected chi connectivity index (χ1v) is 4.75. The number of hydrogen-bond acceptors (Lipinski definition) is 5. The SMILES string of the molecule is O=S(=O)([O-])c1ccc2[nH]nnc2c1.[Na+]. The number of nitrogens with zero attached hydrogens (tertiary/aromatic N) is 2. The number of benzene rings is 1. The van der Waals surface area contributed by atoms with E-state index in [2.05, 4.69) is 15.4 Å². The molecule has 2 aromatic rings. The molecule has 0 aliphatic carbocycles. The Balaban J connectivity index is 0.000000980. The molecule has 0 bridgehead atoms. The van der Waals surface area contributed by atoms with Gasteiger partial charge < -0.3 is 4.55 Å². The average Bonchev–Trinajstić information content (AvgIpc) is 2.47. The summed E-state index contributed by atoms with van der Waals surface area (Å²) in [5, 5.41) is 9.58. The second-order valence-electron chi connectivity index (χ2n) is 2.44. The number of aromatic nitrogens is 3. The molecule has 1 heterocycles. The summed E-state index contributed by atoms with van der Waals surface area (Å²) in [4.78, 5) is -0.297. The Kier molecular flexibility index (Phi) is 3.28. The van der Waals surface area contributed by atoms with Gasteiger partial charge in [0.05, 0.1) is 10.4 Å². The third-order valence-corrected chi connectivity index (χ3v) is 2.42. The van der Waals surface area contributed by atoms with Gasteiger partial charge in [0, 0.05) is 0 Å². The Morgan fingerprint density at radius 1 is 1.36 bits per heavy atom. The van der Waals surface area contributed by atoms with Crippen molar-refractivity contribution in [3.8, 4) is 0 Å². The van der Waals surface area contributed by atoms with Crippen LogP contribution in [0.5, 0.6) is 0 Å². The van der Waals surface area contributed by atoms with Gasteiger partial charge >= 0.3 is 29.6 Å². The molecular weight excluding hydrogens is 217 g/mol. The topological polar surface area (TPSA) is 98.8 Å². The maximum atomic E-state index is 10.6. The number of aromatic amines is 1. The molecule has 0 aliphatic rings. The summed E-state index contributed by atoms with van der Waals surface area (Å²) >= 11 is 0. The van der Waals surface area contributed by atoms with Crippen molar-refractivity contribution in [2.24, 2.45) is 0 Å². The fourth-order valence-electron chi connectivity index (χ4n) is 0.977. The quantitative estimate of drug-likeness (QED) is 0.405. The van der Waals surface area contributed by atoms with Gasteiger partial charge in [-0.3, -0.25) is 5.10 Å². The van der Waals surface area contributed by atoms with Crippen molar-refractivity contribution in [2.75, 3.05) is 0 Å². The van der Waals surface area contributed by atoms with E-state index < -0.39 is 10.1 Å². The van der Waals surface area contributed by atoms with Crippen molar-refractivity contribution < 1.29 is 42.5 Å². The second kappa shape index (κ2) is 3.95. The van der Waals surface area contributed by atoms with Crippen LogP contribution in [-0.4, -0.2) is 28.4 Å². The van der Waals surface area contributed by atoms with Crippen LogP contribution in [0, 0.1) is 0 Å². The summed E-state index contributed by atoms with van der Waals surface area (Å²) in [6, 6.07) is 3.84. The molecule has 68 valence electrons. The van der Waals surface area contributed by atoms with Crippen molar-refractivity contribution in [3.05, 3.63) is 18.2 Å². The van der Waals surface area contributed by atoms with E-state index in [-0.39, 0.29) is 34.5 Å². The van der Waals surface area contributed by atoms with Crippen LogP contribution >= 0.6 is 0 Å². The molecule has 0 unspecified atom stereocenters. The van der Waals surface area contributed by atoms with E-state index in [1.165, 1.54) is 18.2 Å². The van der Waals surface area contributed by atoms with E-state index in [9.17, 15) is 13.0 Å². The fraction of sp³-hybridized carbons (Fsp3) is 0. The largest absolute Gasteiger partial charge is 1.00 e. The molecule has 0 atom stereocenters. The predicted molar refractivity (Wildman–Crippen MR) is 41.9 cm³/mol. The summed E-state index contributed by atoms with van der Waals surface area (Å²) in [5.74, 6) is 0. The van der Waals surface area contributed by atoms with Crippen LogP contribution < -0.4 is 29.6 Å². The van der Waals surface area contributed by atoms with Crippen molar-refractivity contribution in [1.82, 2.24) is 15.4 Å². The number of nitrogens with one attached hydrogen (secondary N) is 1. The Bertz CT molecular complexity index is 550. The Hall–Kier alpha value is -0.470. The van der Waals surface area contributed by atoms with E-state index in [0.29, 0.717) is 11.0 Å². The number of rotatable bonds is 1. The van der Waals surface area contributed by atoms with E-state index in [4.69, 9.17) is 0 Å². The van der Waals surface area contributed by atoms with Crippen LogP contribution in [0.25, 0.3) is 11.0 Å². The van der Waals surface area contributed by atoms with Crippen molar-refractivity contribution >= 4 is 21.2 Å². The molecule has 0 spiro atoms. The molecular formula is C6H4N3NaO3S. The molecule has 2 rings (SSSR count).